The summed E-state index contributed by atoms with van der Waals surface area (Å²) < 4.78 is 0. The number of aryl methyl sites for hydroxylation is 2. The molecule has 150 valence electrons. The lowest BCUT2D eigenvalue weighted by atomic mass is 10.0. The minimum atomic E-state index is 0.0529. The maximum Gasteiger partial charge on any atom is 0.223 e. The SMILES string of the molecule is Cc1ccc(C(=O)CCC(=O)N2CC(C)N(CCN(C)C)C(C)C2)cc1C. The monoisotopic (exact) mass is 373 g/mol. The summed E-state index contributed by atoms with van der Waals surface area (Å²) in [7, 11) is 4.17. The van der Waals surface area contributed by atoms with Gasteiger partial charge in [0.1, 0.15) is 0 Å². The molecule has 0 spiro atoms. The lowest BCUT2D eigenvalue weighted by Crippen LogP contribution is -2.59. The zero-order valence-corrected chi connectivity index (χ0v) is 17.8. The molecule has 2 atom stereocenters. The van der Waals surface area contributed by atoms with E-state index in [4.69, 9.17) is 0 Å². The van der Waals surface area contributed by atoms with Gasteiger partial charge in [-0.05, 0) is 59.0 Å². The third kappa shape index (κ3) is 5.88. The average Bonchev–Trinajstić information content (AvgIpc) is 2.60. The number of piperazine rings is 1. The maximum absolute atomic E-state index is 12.7. The van der Waals surface area contributed by atoms with Gasteiger partial charge in [-0.1, -0.05) is 12.1 Å². The zero-order valence-electron chi connectivity index (χ0n) is 17.8. The molecule has 0 aromatic heterocycles. The molecule has 1 aliphatic heterocycles. The Hall–Kier alpha value is -1.72. The van der Waals surface area contributed by atoms with Crippen molar-refractivity contribution in [3.05, 3.63) is 34.9 Å². The fourth-order valence-corrected chi connectivity index (χ4v) is 3.75. The van der Waals surface area contributed by atoms with Crippen molar-refractivity contribution in [2.24, 2.45) is 0 Å². The Morgan fingerprint density at radius 3 is 2.22 bits per heavy atom. The number of amides is 1. The van der Waals surface area contributed by atoms with Gasteiger partial charge in [-0.3, -0.25) is 14.5 Å². The number of likely N-dealkylation sites (N-methyl/N-ethyl adjacent to an activating group) is 1. The van der Waals surface area contributed by atoms with Crippen molar-refractivity contribution in [2.75, 3.05) is 40.3 Å². The van der Waals surface area contributed by atoms with E-state index in [9.17, 15) is 9.59 Å². The predicted octanol–water partition coefficient (Wildman–Crippen LogP) is 2.75. The topological polar surface area (TPSA) is 43.9 Å². The van der Waals surface area contributed by atoms with Crippen molar-refractivity contribution in [1.29, 1.82) is 0 Å². The Labute approximate surface area is 164 Å². The Morgan fingerprint density at radius 1 is 1.04 bits per heavy atom. The highest BCUT2D eigenvalue weighted by Gasteiger charge is 2.31. The van der Waals surface area contributed by atoms with Gasteiger partial charge in [0.05, 0.1) is 0 Å². The smallest absolute Gasteiger partial charge is 0.223 e. The average molecular weight is 374 g/mol. The molecule has 0 saturated carbocycles. The van der Waals surface area contributed by atoms with Gasteiger partial charge >= 0.3 is 0 Å². The van der Waals surface area contributed by atoms with Gasteiger partial charge in [0, 0.05) is 56.7 Å². The van der Waals surface area contributed by atoms with Crippen molar-refractivity contribution in [2.45, 2.75) is 52.6 Å². The highest BCUT2D eigenvalue weighted by Crippen LogP contribution is 2.18. The number of hydrogen-bond acceptors (Lipinski definition) is 4. The molecular formula is C22H35N3O2. The van der Waals surface area contributed by atoms with Crippen molar-refractivity contribution in [3.63, 3.8) is 0 Å². The molecular weight excluding hydrogens is 338 g/mol. The molecule has 1 aliphatic rings. The van der Waals surface area contributed by atoms with Crippen LogP contribution in [0.3, 0.4) is 0 Å². The molecule has 0 radical (unpaired) electrons. The van der Waals surface area contributed by atoms with E-state index in [1.54, 1.807) is 0 Å². The van der Waals surface area contributed by atoms with Crippen LogP contribution in [0.5, 0.6) is 0 Å². The van der Waals surface area contributed by atoms with Crippen LogP contribution in [-0.4, -0.2) is 78.7 Å². The normalized spacial score (nSPS) is 20.9. The summed E-state index contributed by atoms with van der Waals surface area (Å²) in [6, 6.07) is 6.44. The minimum absolute atomic E-state index is 0.0529. The van der Waals surface area contributed by atoms with Crippen molar-refractivity contribution in [3.8, 4) is 0 Å². The number of ketones is 1. The molecule has 0 aliphatic carbocycles. The highest BCUT2D eigenvalue weighted by molar-refractivity contribution is 5.98. The number of carbonyl (C=O) groups excluding carboxylic acids is 2. The Kier molecular flexibility index (Phi) is 7.57. The second-order valence-electron chi connectivity index (χ2n) is 8.26. The van der Waals surface area contributed by atoms with Crippen LogP contribution in [0.1, 0.15) is 48.2 Å². The first-order valence-corrected chi connectivity index (χ1v) is 9.97. The third-order valence-electron chi connectivity index (χ3n) is 5.65. The number of nitrogens with zero attached hydrogens (tertiary/aromatic N) is 3. The van der Waals surface area contributed by atoms with Gasteiger partial charge in [0.2, 0.25) is 5.91 Å². The lowest BCUT2D eigenvalue weighted by molar-refractivity contribution is -0.135. The van der Waals surface area contributed by atoms with Crippen molar-refractivity contribution in [1.82, 2.24) is 14.7 Å². The first-order valence-electron chi connectivity index (χ1n) is 9.97. The lowest BCUT2D eigenvalue weighted by Gasteiger charge is -2.44. The molecule has 1 aromatic rings. The molecule has 5 nitrogen and oxygen atoms in total. The number of hydrogen-bond donors (Lipinski definition) is 0. The summed E-state index contributed by atoms with van der Waals surface area (Å²) >= 11 is 0. The molecule has 1 aromatic carbocycles. The second kappa shape index (κ2) is 9.47. The highest BCUT2D eigenvalue weighted by atomic mass is 16.2. The van der Waals surface area contributed by atoms with Crippen LogP contribution in [0.4, 0.5) is 0 Å². The van der Waals surface area contributed by atoms with Gasteiger partial charge in [0.25, 0.3) is 0 Å². The number of carbonyl (C=O) groups is 2. The summed E-state index contributed by atoms with van der Waals surface area (Å²) in [5.74, 6) is 0.148. The number of benzene rings is 1. The van der Waals surface area contributed by atoms with Gasteiger partial charge in [-0.2, -0.15) is 0 Å². The first kappa shape index (κ1) is 21.6. The Balaban J connectivity index is 1.87. The molecule has 0 N–H and O–H groups in total. The van der Waals surface area contributed by atoms with Crippen LogP contribution in [-0.2, 0) is 4.79 Å². The largest absolute Gasteiger partial charge is 0.340 e. The van der Waals surface area contributed by atoms with E-state index in [2.05, 4.69) is 37.7 Å². The molecule has 1 amide bonds. The van der Waals surface area contributed by atoms with Crippen molar-refractivity contribution < 1.29 is 9.59 Å². The predicted molar refractivity (Wildman–Crippen MR) is 110 cm³/mol. The van der Waals surface area contributed by atoms with E-state index in [0.29, 0.717) is 24.1 Å². The number of Topliss-reactive ketones (excluding diaryl/α,β-unsaturated/α-hetero) is 1. The van der Waals surface area contributed by atoms with E-state index in [0.717, 1.165) is 31.7 Å². The fourth-order valence-electron chi connectivity index (χ4n) is 3.75. The third-order valence-corrected chi connectivity index (χ3v) is 5.65. The molecule has 2 rings (SSSR count). The first-order chi connectivity index (χ1) is 12.7. The molecule has 2 unspecified atom stereocenters. The number of rotatable bonds is 7. The van der Waals surface area contributed by atoms with E-state index in [-0.39, 0.29) is 18.1 Å². The molecule has 0 bridgehead atoms. The Bertz CT molecular complexity index is 660. The molecule has 27 heavy (non-hydrogen) atoms. The molecule has 5 heteroatoms. The van der Waals surface area contributed by atoms with Crippen LogP contribution in [0.15, 0.2) is 18.2 Å². The summed E-state index contributed by atoms with van der Waals surface area (Å²) in [5, 5.41) is 0. The standard InChI is InChI=1S/C22H35N3O2/c1-16-7-8-20(13-17(16)2)21(26)9-10-22(27)24-14-18(3)25(19(4)15-24)12-11-23(5)6/h7-8,13,18-19H,9-12,14-15H2,1-6H3. The maximum atomic E-state index is 12.7. The quantitative estimate of drug-likeness (QED) is 0.690. The van der Waals surface area contributed by atoms with E-state index < -0.39 is 0 Å². The van der Waals surface area contributed by atoms with Gasteiger partial charge < -0.3 is 9.80 Å². The fraction of sp³-hybridized carbons (Fsp3) is 0.636. The van der Waals surface area contributed by atoms with Crippen molar-refractivity contribution >= 4 is 11.7 Å². The van der Waals surface area contributed by atoms with Crippen LogP contribution in [0.25, 0.3) is 0 Å². The summed E-state index contributed by atoms with van der Waals surface area (Å²) in [5.41, 5.74) is 3.00. The van der Waals surface area contributed by atoms with Gasteiger partial charge in [-0.25, -0.2) is 0 Å². The zero-order chi connectivity index (χ0) is 20.1. The summed E-state index contributed by atoms with van der Waals surface area (Å²) in [6.45, 7) is 11.9. The van der Waals surface area contributed by atoms with E-state index >= 15 is 0 Å². The van der Waals surface area contributed by atoms with Crippen LogP contribution in [0, 0.1) is 13.8 Å². The molecule has 1 heterocycles. The van der Waals surface area contributed by atoms with E-state index in [1.807, 2.05) is 36.9 Å². The summed E-state index contributed by atoms with van der Waals surface area (Å²) in [6.07, 6.45) is 0.577. The molecule has 1 saturated heterocycles. The van der Waals surface area contributed by atoms with Crippen LogP contribution in [0.2, 0.25) is 0 Å². The second-order valence-corrected chi connectivity index (χ2v) is 8.26. The Morgan fingerprint density at radius 2 is 1.67 bits per heavy atom. The van der Waals surface area contributed by atoms with Crippen LogP contribution < -0.4 is 0 Å². The minimum Gasteiger partial charge on any atom is -0.340 e. The summed E-state index contributed by atoms with van der Waals surface area (Å²) in [4.78, 5) is 31.7. The van der Waals surface area contributed by atoms with Gasteiger partial charge in [0.15, 0.2) is 5.78 Å². The van der Waals surface area contributed by atoms with Crippen LogP contribution >= 0.6 is 0 Å². The van der Waals surface area contributed by atoms with E-state index in [1.165, 1.54) is 5.56 Å². The van der Waals surface area contributed by atoms with Gasteiger partial charge in [-0.15, -0.1) is 0 Å². The molecule has 1 fully saturated rings.